The lowest BCUT2D eigenvalue weighted by Gasteiger charge is -2.19. The number of rotatable bonds is 5. The number of nitrogens with one attached hydrogen (secondary N) is 1. The van der Waals surface area contributed by atoms with Gasteiger partial charge < -0.3 is 14.2 Å². The van der Waals surface area contributed by atoms with E-state index in [2.05, 4.69) is 34.5 Å². The summed E-state index contributed by atoms with van der Waals surface area (Å²) >= 11 is 0. The summed E-state index contributed by atoms with van der Waals surface area (Å²) in [6, 6.07) is 27.9. The molecule has 3 aromatic carbocycles. The molecule has 0 saturated carbocycles. The third kappa shape index (κ3) is 4.31. The Morgan fingerprint density at radius 3 is 2.45 bits per heavy atom. The molecule has 5 heteroatoms. The first-order chi connectivity index (χ1) is 15.2. The molecule has 2 heterocycles. The van der Waals surface area contributed by atoms with E-state index >= 15 is 0 Å². The number of fused-ring (bicyclic) bond motifs is 1. The maximum absolute atomic E-state index is 12.4. The Hall–Kier alpha value is -3.99. The smallest absolute Gasteiger partial charge is 0.410 e. The van der Waals surface area contributed by atoms with Gasteiger partial charge in [0.15, 0.2) is 0 Å². The minimum Gasteiger partial charge on any atom is -0.410 e. The molecule has 1 aromatic heterocycles. The fourth-order valence-corrected chi connectivity index (χ4v) is 3.95. The minimum absolute atomic E-state index is 0.493. The molecular formula is C26H23N3O2. The molecule has 0 bridgehead atoms. The highest BCUT2D eigenvalue weighted by molar-refractivity contribution is 5.86. The Balaban J connectivity index is 1.21. The normalized spacial score (nSPS) is 12.5. The van der Waals surface area contributed by atoms with Crippen LogP contribution in [0.25, 0.3) is 5.69 Å². The van der Waals surface area contributed by atoms with E-state index < -0.39 is 6.09 Å². The summed E-state index contributed by atoms with van der Waals surface area (Å²) in [7, 11) is 0. The fourth-order valence-electron chi connectivity index (χ4n) is 3.95. The van der Waals surface area contributed by atoms with Gasteiger partial charge in [-0.15, -0.1) is 0 Å². The molecule has 0 atom stereocenters. The highest BCUT2D eigenvalue weighted by atomic mass is 16.6. The first-order valence-electron chi connectivity index (χ1n) is 10.4. The van der Waals surface area contributed by atoms with Crippen molar-refractivity contribution in [1.29, 1.82) is 0 Å². The summed E-state index contributed by atoms with van der Waals surface area (Å²) in [5, 5.41) is 2.79. The molecule has 0 radical (unpaired) electrons. The molecular weight excluding hydrogens is 386 g/mol. The Bertz CT molecular complexity index is 1170. The lowest BCUT2D eigenvalue weighted by atomic mass is 10.1. The highest BCUT2D eigenvalue weighted by Gasteiger charge is 2.20. The lowest BCUT2D eigenvalue weighted by molar-refractivity contribution is 0.215. The SMILES string of the molecule is O=C(Nc1ccc(-n2cccc2)cc1)Oc1ccc2c(c1)CCN2Cc1ccccc1. The number of nitrogens with zero attached hydrogens (tertiary/aromatic N) is 2. The third-order valence-electron chi connectivity index (χ3n) is 5.49. The van der Waals surface area contributed by atoms with Crippen molar-refractivity contribution in [1.82, 2.24) is 4.57 Å². The van der Waals surface area contributed by atoms with E-state index in [0.29, 0.717) is 11.4 Å². The topological polar surface area (TPSA) is 46.5 Å². The molecule has 0 saturated heterocycles. The third-order valence-corrected chi connectivity index (χ3v) is 5.49. The number of anilines is 2. The van der Waals surface area contributed by atoms with Crippen LogP contribution < -0.4 is 15.0 Å². The van der Waals surface area contributed by atoms with Crippen LogP contribution >= 0.6 is 0 Å². The van der Waals surface area contributed by atoms with Crippen LogP contribution in [0.15, 0.2) is 97.3 Å². The van der Waals surface area contributed by atoms with Crippen LogP contribution in [0.2, 0.25) is 0 Å². The van der Waals surface area contributed by atoms with Crippen molar-refractivity contribution in [3.63, 3.8) is 0 Å². The highest BCUT2D eigenvalue weighted by Crippen LogP contribution is 2.32. The van der Waals surface area contributed by atoms with Gasteiger partial charge in [0.1, 0.15) is 5.75 Å². The number of carbonyl (C=O) groups is 1. The maximum Gasteiger partial charge on any atom is 0.417 e. The molecule has 0 unspecified atom stereocenters. The molecule has 4 aromatic rings. The van der Waals surface area contributed by atoms with Crippen LogP contribution in [0.3, 0.4) is 0 Å². The predicted molar refractivity (Wildman–Crippen MR) is 123 cm³/mol. The molecule has 31 heavy (non-hydrogen) atoms. The maximum atomic E-state index is 12.4. The predicted octanol–water partition coefficient (Wildman–Crippen LogP) is 5.65. The van der Waals surface area contributed by atoms with Crippen molar-refractivity contribution >= 4 is 17.5 Å². The van der Waals surface area contributed by atoms with Gasteiger partial charge in [0.25, 0.3) is 0 Å². The Labute approximate surface area is 181 Å². The van der Waals surface area contributed by atoms with Gasteiger partial charge >= 0.3 is 6.09 Å². The summed E-state index contributed by atoms with van der Waals surface area (Å²) in [5.41, 5.74) is 5.42. The summed E-state index contributed by atoms with van der Waals surface area (Å²) in [6.45, 7) is 1.85. The average molecular weight is 409 g/mol. The van der Waals surface area contributed by atoms with Crippen LogP contribution in [0.5, 0.6) is 5.75 Å². The van der Waals surface area contributed by atoms with E-state index in [1.807, 2.05) is 77.6 Å². The van der Waals surface area contributed by atoms with Crippen LogP contribution in [-0.4, -0.2) is 17.2 Å². The molecule has 5 rings (SSSR count). The van der Waals surface area contributed by atoms with Crippen molar-refractivity contribution in [3.05, 3.63) is 108 Å². The van der Waals surface area contributed by atoms with E-state index in [1.54, 1.807) is 0 Å². The summed E-state index contributed by atoms with van der Waals surface area (Å²) in [5.74, 6) is 0.557. The monoisotopic (exact) mass is 409 g/mol. The second-order valence-electron chi connectivity index (χ2n) is 7.60. The molecule has 0 spiro atoms. The van der Waals surface area contributed by atoms with Crippen LogP contribution in [0.1, 0.15) is 11.1 Å². The molecule has 1 aliphatic rings. The molecule has 5 nitrogen and oxygen atoms in total. The van der Waals surface area contributed by atoms with Gasteiger partial charge in [-0.25, -0.2) is 4.79 Å². The Morgan fingerprint density at radius 2 is 1.68 bits per heavy atom. The number of amides is 1. The number of ether oxygens (including phenoxy) is 1. The van der Waals surface area contributed by atoms with Crippen molar-refractivity contribution in [2.45, 2.75) is 13.0 Å². The second kappa shape index (κ2) is 8.40. The van der Waals surface area contributed by atoms with E-state index in [0.717, 1.165) is 25.2 Å². The van der Waals surface area contributed by atoms with Gasteiger partial charge in [-0.05, 0) is 72.1 Å². The van der Waals surface area contributed by atoms with Crippen molar-refractivity contribution in [3.8, 4) is 11.4 Å². The van der Waals surface area contributed by atoms with Crippen molar-refractivity contribution in [2.24, 2.45) is 0 Å². The van der Waals surface area contributed by atoms with Crippen LogP contribution in [-0.2, 0) is 13.0 Å². The quantitative estimate of drug-likeness (QED) is 0.463. The summed E-state index contributed by atoms with van der Waals surface area (Å²) in [6.07, 6.45) is 4.41. The average Bonchev–Trinajstić information content (AvgIpc) is 3.46. The van der Waals surface area contributed by atoms with Gasteiger partial charge in [0, 0.05) is 42.5 Å². The van der Waals surface area contributed by atoms with E-state index in [1.165, 1.54) is 16.8 Å². The Kier molecular flexibility index (Phi) is 5.15. The minimum atomic E-state index is -0.493. The van der Waals surface area contributed by atoms with Gasteiger partial charge in [-0.3, -0.25) is 5.32 Å². The van der Waals surface area contributed by atoms with Gasteiger partial charge in [0.2, 0.25) is 0 Å². The van der Waals surface area contributed by atoms with Crippen molar-refractivity contribution < 1.29 is 9.53 Å². The molecule has 1 amide bonds. The number of aromatic nitrogens is 1. The zero-order valence-corrected chi connectivity index (χ0v) is 17.1. The Morgan fingerprint density at radius 1 is 0.903 bits per heavy atom. The first kappa shape index (κ1) is 19.0. The number of carbonyl (C=O) groups excluding carboxylic acids is 1. The lowest BCUT2D eigenvalue weighted by Crippen LogP contribution is -2.19. The fraction of sp³-hybridized carbons (Fsp3) is 0.115. The zero-order chi connectivity index (χ0) is 21.0. The van der Waals surface area contributed by atoms with Gasteiger partial charge in [-0.1, -0.05) is 30.3 Å². The second-order valence-corrected chi connectivity index (χ2v) is 7.60. The first-order valence-corrected chi connectivity index (χ1v) is 10.4. The van der Waals surface area contributed by atoms with Gasteiger partial charge in [0.05, 0.1) is 0 Å². The van der Waals surface area contributed by atoms with Gasteiger partial charge in [-0.2, -0.15) is 0 Å². The van der Waals surface area contributed by atoms with Crippen molar-refractivity contribution in [2.75, 3.05) is 16.8 Å². The summed E-state index contributed by atoms with van der Waals surface area (Å²) in [4.78, 5) is 14.7. The van der Waals surface area contributed by atoms with E-state index in [4.69, 9.17) is 4.74 Å². The number of hydrogen-bond acceptors (Lipinski definition) is 3. The number of benzene rings is 3. The molecule has 1 aliphatic heterocycles. The van der Waals surface area contributed by atoms with Crippen LogP contribution in [0, 0.1) is 0 Å². The largest absolute Gasteiger partial charge is 0.417 e. The number of hydrogen-bond donors (Lipinski definition) is 1. The molecule has 0 aliphatic carbocycles. The summed E-state index contributed by atoms with van der Waals surface area (Å²) < 4.78 is 7.53. The molecule has 154 valence electrons. The van der Waals surface area contributed by atoms with E-state index in [-0.39, 0.29) is 0 Å². The van der Waals surface area contributed by atoms with E-state index in [9.17, 15) is 4.79 Å². The standard InChI is InChI=1S/C26H23N3O2/c30-26(27-22-8-10-23(11-9-22)28-15-4-5-16-28)31-24-12-13-25-21(18-24)14-17-29(25)19-20-6-2-1-3-7-20/h1-13,15-16,18H,14,17,19H2,(H,27,30). The zero-order valence-electron chi connectivity index (χ0n) is 17.1. The van der Waals surface area contributed by atoms with Crippen LogP contribution in [0.4, 0.5) is 16.2 Å². The molecule has 1 N–H and O–H groups in total. The molecule has 0 fully saturated rings.